The maximum Gasteiger partial charge on any atom is 0.416 e. The van der Waals surface area contributed by atoms with Crippen LogP contribution in [0, 0.1) is 0 Å². The molecule has 0 aliphatic carbocycles. The lowest BCUT2D eigenvalue weighted by atomic mass is 9.87. The molecule has 2 heterocycles. The number of benzene rings is 1. The number of amides is 1. The second-order valence-electron chi connectivity index (χ2n) is 7.13. The van der Waals surface area contributed by atoms with Crippen molar-refractivity contribution in [1.82, 2.24) is 9.80 Å². The van der Waals surface area contributed by atoms with E-state index in [1.165, 1.54) is 12.1 Å². The second-order valence-corrected chi connectivity index (χ2v) is 7.13. The third-order valence-corrected chi connectivity index (χ3v) is 5.26. The Morgan fingerprint density at radius 2 is 1.72 bits per heavy atom. The van der Waals surface area contributed by atoms with E-state index >= 15 is 0 Å². The van der Waals surface area contributed by atoms with Gasteiger partial charge in [0.2, 0.25) is 5.91 Å². The minimum Gasteiger partial charge on any atom is -0.379 e. The van der Waals surface area contributed by atoms with Crippen LogP contribution in [-0.4, -0.2) is 60.6 Å². The summed E-state index contributed by atoms with van der Waals surface area (Å²) in [6.07, 6.45) is -4.36. The normalized spacial score (nSPS) is 22.4. The number of halogens is 3. The summed E-state index contributed by atoms with van der Waals surface area (Å²) in [7, 11) is 0. The molecule has 7 heteroatoms. The molecule has 1 unspecified atom stereocenters. The Balaban J connectivity index is 1.60. The Labute approximate surface area is 145 Å². The van der Waals surface area contributed by atoms with Gasteiger partial charge in [0.25, 0.3) is 0 Å². The number of nitrogens with zero attached hydrogens (tertiary/aromatic N) is 2. The van der Waals surface area contributed by atoms with Gasteiger partial charge in [0, 0.05) is 26.2 Å². The van der Waals surface area contributed by atoms with E-state index in [9.17, 15) is 18.0 Å². The van der Waals surface area contributed by atoms with E-state index in [1.54, 1.807) is 11.8 Å². The molecule has 1 atom stereocenters. The standard InChI is InChI=1S/C18H23F3N2O2/c1-13(14-3-5-15(6-4-14)18(19,20)21)16(24)22-11-17(2,12-22)23-7-9-25-10-8-23/h3-6,13H,7-12H2,1-2H3. The van der Waals surface area contributed by atoms with Crippen LogP contribution < -0.4 is 0 Å². The Bertz CT molecular complexity index is 618. The van der Waals surface area contributed by atoms with Crippen LogP contribution in [0.5, 0.6) is 0 Å². The van der Waals surface area contributed by atoms with Crippen LogP contribution in [0.1, 0.15) is 30.9 Å². The average Bonchev–Trinajstić information content (AvgIpc) is 2.58. The van der Waals surface area contributed by atoms with Crippen LogP contribution in [0.15, 0.2) is 24.3 Å². The SMILES string of the molecule is CC(C(=O)N1CC(C)(N2CCOCC2)C1)c1ccc(C(F)(F)F)cc1. The summed E-state index contributed by atoms with van der Waals surface area (Å²) < 4.78 is 43.3. The molecule has 1 amide bonds. The summed E-state index contributed by atoms with van der Waals surface area (Å²) in [4.78, 5) is 16.8. The van der Waals surface area contributed by atoms with Gasteiger partial charge in [-0.2, -0.15) is 13.2 Å². The summed E-state index contributed by atoms with van der Waals surface area (Å²) in [5, 5.41) is 0. The van der Waals surface area contributed by atoms with E-state index < -0.39 is 17.7 Å². The van der Waals surface area contributed by atoms with Gasteiger partial charge in [0.15, 0.2) is 0 Å². The Morgan fingerprint density at radius 3 is 2.24 bits per heavy atom. The van der Waals surface area contributed by atoms with Gasteiger partial charge in [-0.25, -0.2) is 0 Å². The molecule has 0 bridgehead atoms. The highest BCUT2D eigenvalue weighted by Crippen LogP contribution is 2.33. The van der Waals surface area contributed by atoms with Crippen LogP contribution in [-0.2, 0) is 15.7 Å². The molecule has 2 saturated heterocycles. The smallest absolute Gasteiger partial charge is 0.379 e. The zero-order valence-corrected chi connectivity index (χ0v) is 14.5. The fraction of sp³-hybridized carbons (Fsp3) is 0.611. The molecule has 1 aromatic carbocycles. The molecule has 2 fully saturated rings. The van der Waals surface area contributed by atoms with E-state index in [0.29, 0.717) is 31.9 Å². The predicted molar refractivity (Wildman–Crippen MR) is 87.2 cm³/mol. The maximum atomic E-state index is 12.6. The first-order valence-electron chi connectivity index (χ1n) is 8.49. The van der Waals surface area contributed by atoms with Gasteiger partial charge in [-0.1, -0.05) is 12.1 Å². The summed E-state index contributed by atoms with van der Waals surface area (Å²) in [5.74, 6) is -0.484. The van der Waals surface area contributed by atoms with E-state index in [4.69, 9.17) is 4.74 Å². The molecule has 3 rings (SSSR count). The molecule has 4 nitrogen and oxygen atoms in total. The number of morpholine rings is 1. The first-order valence-corrected chi connectivity index (χ1v) is 8.49. The Morgan fingerprint density at radius 1 is 1.16 bits per heavy atom. The molecule has 138 valence electrons. The minimum absolute atomic E-state index is 0.0285. The van der Waals surface area contributed by atoms with E-state index in [2.05, 4.69) is 11.8 Å². The van der Waals surface area contributed by atoms with Crippen LogP contribution >= 0.6 is 0 Å². The molecule has 0 spiro atoms. The lowest BCUT2D eigenvalue weighted by Gasteiger charge is -2.55. The van der Waals surface area contributed by atoms with Crippen molar-refractivity contribution in [3.63, 3.8) is 0 Å². The lowest BCUT2D eigenvalue weighted by molar-refractivity contribution is -0.150. The van der Waals surface area contributed by atoms with Crippen LogP contribution in [0.4, 0.5) is 13.2 Å². The number of carbonyl (C=O) groups excluding carboxylic acids is 1. The Kier molecular flexibility index (Phi) is 4.81. The first kappa shape index (κ1) is 18.2. The van der Waals surface area contributed by atoms with E-state index in [1.807, 2.05) is 0 Å². The van der Waals surface area contributed by atoms with Crippen molar-refractivity contribution in [2.75, 3.05) is 39.4 Å². The number of ether oxygens (including phenoxy) is 1. The van der Waals surface area contributed by atoms with Gasteiger partial charge in [0.1, 0.15) is 0 Å². The van der Waals surface area contributed by atoms with Gasteiger partial charge in [-0.3, -0.25) is 9.69 Å². The molecule has 25 heavy (non-hydrogen) atoms. The molecule has 0 radical (unpaired) electrons. The fourth-order valence-corrected chi connectivity index (χ4v) is 3.61. The van der Waals surface area contributed by atoms with Crippen LogP contribution in [0.25, 0.3) is 0 Å². The summed E-state index contributed by atoms with van der Waals surface area (Å²) in [6.45, 7) is 8.35. The van der Waals surface area contributed by atoms with Crippen LogP contribution in [0.2, 0.25) is 0 Å². The third kappa shape index (κ3) is 3.67. The zero-order chi connectivity index (χ0) is 18.2. The average molecular weight is 356 g/mol. The molecular weight excluding hydrogens is 333 g/mol. The first-order chi connectivity index (χ1) is 11.7. The highest BCUT2D eigenvalue weighted by molar-refractivity contribution is 5.84. The zero-order valence-electron chi connectivity index (χ0n) is 14.5. The maximum absolute atomic E-state index is 12.6. The monoisotopic (exact) mass is 356 g/mol. The summed E-state index contributed by atoms with van der Waals surface area (Å²) >= 11 is 0. The van der Waals surface area contributed by atoms with E-state index in [-0.39, 0.29) is 11.4 Å². The van der Waals surface area contributed by atoms with Crippen molar-refractivity contribution in [3.05, 3.63) is 35.4 Å². The highest BCUT2D eigenvalue weighted by atomic mass is 19.4. The molecule has 2 aliphatic heterocycles. The number of hydrogen-bond acceptors (Lipinski definition) is 3. The quantitative estimate of drug-likeness (QED) is 0.835. The molecule has 1 aromatic rings. The van der Waals surface area contributed by atoms with Crippen molar-refractivity contribution in [3.8, 4) is 0 Å². The van der Waals surface area contributed by atoms with Crippen molar-refractivity contribution in [2.45, 2.75) is 31.5 Å². The van der Waals surface area contributed by atoms with Gasteiger partial charge in [-0.05, 0) is 31.5 Å². The fourth-order valence-electron chi connectivity index (χ4n) is 3.61. The second kappa shape index (κ2) is 6.61. The molecule has 0 aromatic heterocycles. The molecular formula is C18H23F3N2O2. The van der Waals surface area contributed by atoms with Crippen molar-refractivity contribution in [2.24, 2.45) is 0 Å². The number of carbonyl (C=O) groups is 1. The number of rotatable bonds is 3. The van der Waals surface area contributed by atoms with E-state index in [0.717, 1.165) is 25.2 Å². The van der Waals surface area contributed by atoms with Gasteiger partial charge < -0.3 is 9.64 Å². The predicted octanol–water partition coefficient (Wildman–Crippen LogP) is 2.74. The number of alkyl halides is 3. The topological polar surface area (TPSA) is 32.8 Å². The largest absolute Gasteiger partial charge is 0.416 e. The number of likely N-dealkylation sites (tertiary alicyclic amines) is 1. The minimum atomic E-state index is -4.36. The highest BCUT2D eigenvalue weighted by Gasteiger charge is 2.46. The third-order valence-electron chi connectivity index (χ3n) is 5.26. The van der Waals surface area contributed by atoms with Crippen molar-refractivity contribution >= 4 is 5.91 Å². The van der Waals surface area contributed by atoms with Gasteiger partial charge in [0.05, 0.1) is 30.2 Å². The lowest BCUT2D eigenvalue weighted by Crippen LogP contribution is -2.71. The van der Waals surface area contributed by atoms with Crippen LogP contribution in [0.3, 0.4) is 0 Å². The number of hydrogen-bond donors (Lipinski definition) is 0. The molecule has 0 saturated carbocycles. The van der Waals surface area contributed by atoms with Crippen molar-refractivity contribution < 1.29 is 22.7 Å². The molecule has 2 aliphatic rings. The summed E-state index contributed by atoms with van der Waals surface area (Å²) in [6, 6.07) is 4.86. The van der Waals surface area contributed by atoms with Gasteiger partial charge in [-0.15, -0.1) is 0 Å². The molecule has 0 N–H and O–H groups in total. The van der Waals surface area contributed by atoms with Gasteiger partial charge >= 0.3 is 6.18 Å². The van der Waals surface area contributed by atoms with Crippen molar-refractivity contribution in [1.29, 1.82) is 0 Å². The Hall–Kier alpha value is -1.60. The summed E-state index contributed by atoms with van der Waals surface area (Å²) in [5.41, 5.74) is -0.114.